The quantitative estimate of drug-likeness (QED) is 0.329. The standard InChI is InChI=1S/C31H28BrF3N6O3/c1-17-13-22-26(16-39(17)28(43)19-9-12-24(32)23(14-19)31(33,34)35)37-30(40-15-20-5-3-4-6-25(20)38-40)41(29(22)44)21-10-7-18(8-11-21)27(42)36-2/h7-12,14-15,17H,3-6,13,16H2,1-2H3,(H,36,42)/t17-/m1/s1. The molecule has 1 aliphatic carbocycles. The van der Waals surface area contributed by atoms with Crippen molar-refractivity contribution < 1.29 is 22.8 Å². The number of carbonyl (C=O) groups excluding carboxylic acids is 2. The number of halogens is 4. The van der Waals surface area contributed by atoms with Gasteiger partial charge >= 0.3 is 6.18 Å². The Morgan fingerprint density at radius 1 is 1.02 bits per heavy atom. The van der Waals surface area contributed by atoms with Gasteiger partial charge in [-0.3, -0.25) is 14.4 Å². The number of alkyl halides is 3. The van der Waals surface area contributed by atoms with Gasteiger partial charge in [-0.25, -0.2) is 14.2 Å². The summed E-state index contributed by atoms with van der Waals surface area (Å²) in [7, 11) is 1.53. The molecular formula is C31H28BrF3N6O3. The Kier molecular flexibility index (Phi) is 7.68. The Bertz CT molecular complexity index is 1820. The van der Waals surface area contributed by atoms with Crippen molar-refractivity contribution in [2.75, 3.05) is 7.05 Å². The van der Waals surface area contributed by atoms with E-state index in [9.17, 15) is 27.6 Å². The van der Waals surface area contributed by atoms with Crippen LogP contribution >= 0.6 is 15.9 Å². The molecule has 1 N–H and O–H groups in total. The number of nitrogens with one attached hydrogen (secondary N) is 1. The van der Waals surface area contributed by atoms with Gasteiger partial charge in [-0.1, -0.05) is 15.9 Å². The molecule has 0 spiro atoms. The van der Waals surface area contributed by atoms with Crippen LogP contribution in [0.1, 0.15) is 68.6 Å². The predicted octanol–water partition coefficient (Wildman–Crippen LogP) is 5.02. The van der Waals surface area contributed by atoms with Crippen molar-refractivity contribution >= 4 is 27.7 Å². The molecule has 13 heteroatoms. The molecule has 4 aromatic rings. The number of nitrogens with zero attached hydrogens (tertiary/aromatic N) is 5. The average Bonchev–Trinajstić information content (AvgIpc) is 3.44. The van der Waals surface area contributed by atoms with Crippen molar-refractivity contribution in [3.63, 3.8) is 0 Å². The molecular weight excluding hydrogens is 641 g/mol. The van der Waals surface area contributed by atoms with Crippen LogP contribution in [-0.4, -0.2) is 49.1 Å². The fourth-order valence-electron chi connectivity index (χ4n) is 5.83. The van der Waals surface area contributed by atoms with Gasteiger partial charge in [0.05, 0.1) is 29.2 Å². The van der Waals surface area contributed by atoms with Crippen LogP contribution in [0.15, 0.2) is 57.9 Å². The lowest BCUT2D eigenvalue weighted by Gasteiger charge is -2.34. The minimum absolute atomic E-state index is 0.0631. The second-order valence-electron chi connectivity index (χ2n) is 11.0. The van der Waals surface area contributed by atoms with Crippen LogP contribution in [0.5, 0.6) is 0 Å². The first kappa shape index (κ1) is 29.8. The van der Waals surface area contributed by atoms with Crippen molar-refractivity contribution in [2.24, 2.45) is 0 Å². The van der Waals surface area contributed by atoms with Gasteiger partial charge in [0.1, 0.15) is 0 Å². The molecule has 2 amide bonds. The van der Waals surface area contributed by atoms with E-state index in [0.717, 1.165) is 43.0 Å². The maximum Gasteiger partial charge on any atom is 0.417 e. The number of hydrogen-bond acceptors (Lipinski definition) is 5. The molecule has 1 atom stereocenters. The summed E-state index contributed by atoms with van der Waals surface area (Å²) in [6.07, 6.45) is 1.10. The Hall–Kier alpha value is -4.26. The van der Waals surface area contributed by atoms with E-state index >= 15 is 0 Å². The third kappa shape index (κ3) is 5.33. The third-order valence-electron chi connectivity index (χ3n) is 8.18. The Balaban J connectivity index is 1.45. The molecule has 0 unspecified atom stereocenters. The summed E-state index contributed by atoms with van der Waals surface area (Å²) in [6.45, 7) is 1.69. The molecule has 0 fully saturated rings. The highest BCUT2D eigenvalue weighted by Gasteiger charge is 2.36. The normalized spacial score (nSPS) is 16.3. The van der Waals surface area contributed by atoms with E-state index < -0.39 is 23.7 Å². The maximum atomic E-state index is 14.2. The molecule has 228 valence electrons. The smallest absolute Gasteiger partial charge is 0.355 e. The molecule has 3 heterocycles. The summed E-state index contributed by atoms with van der Waals surface area (Å²) in [5.41, 5.74) is 2.30. The fourth-order valence-corrected chi connectivity index (χ4v) is 6.30. The van der Waals surface area contributed by atoms with Gasteiger partial charge in [-0.2, -0.15) is 18.3 Å². The lowest BCUT2D eigenvalue weighted by atomic mass is 9.98. The largest absolute Gasteiger partial charge is 0.417 e. The summed E-state index contributed by atoms with van der Waals surface area (Å²) in [4.78, 5) is 46.2. The third-order valence-corrected chi connectivity index (χ3v) is 8.87. The first-order chi connectivity index (χ1) is 21.0. The summed E-state index contributed by atoms with van der Waals surface area (Å²) >= 11 is 2.92. The minimum Gasteiger partial charge on any atom is -0.355 e. The van der Waals surface area contributed by atoms with Crippen LogP contribution in [-0.2, 0) is 32.0 Å². The molecule has 2 aromatic heterocycles. The number of benzene rings is 2. The van der Waals surface area contributed by atoms with Gasteiger partial charge in [-0.05, 0) is 87.1 Å². The number of aryl methyl sites for hydroxylation is 2. The number of rotatable bonds is 4. The Morgan fingerprint density at radius 2 is 1.73 bits per heavy atom. The molecule has 6 rings (SSSR count). The average molecular weight is 670 g/mol. The molecule has 2 aliphatic rings. The van der Waals surface area contributed by atoms with Crippen molar-refractivity contribution in [3.05, 3.63) is 103 Å². The summed E-state index contributed by atoms with van der Waals surface area (Å²) in [5.74, 6) is -0.632. The van der Waals surface area contributed by atoms with Gasteiger partial charge in [0.25, 0.3) is 17.4 Å². The molecule has 1 aliphatic heterocycles. The fraction of sp³-hybridized carbons (Fsp3) is 0.323. The van der Waals surface area contributed by atoms with E-state index in [0.29, 0.717) is 22.5 Å². The van der Waals surface area contributed by atoms with Gasteiger partial charge in [0.15, 0.2) is 0 Å². The highest BCUT2D eigenvalue weighted by molar-refractivity contribution is 9.10. The molecule has 44 heavy (non-hydrogen) atoms. The van der Waals surface area contributed by atoms with Gasteiger partial charge in [-0.15, -0.1) is 0 Å². The van der Waals surface area contributed by atoms with Crippen LogP contribution < -0.4 is 10.9 Å². The second-order valence-corrected chi connectivity index (χ2v) is 11.9. The second kappa shape index (κ2) is 11.3. The van der Waals surface area contributed by atoms with Gasteiger partial charge < -0.3 is 10.2 Å². The van der Waals surface area contributed by atoms with Crippen LogP contribution in [0, 0.1) is 0 Å². The van der Waals surface area contributed by atoms with Gasteiger partial charge in [0.2, 0.25) is 5.95 Å². The van der Waals surface area contributed by atoms with Crippen LogP contribution in [0.25, 0.3) is 11.6 Å². The molecule has 2 aromatic carbocycles. The van der Waals surface area contributed by atoms with E-state index in [1.165, 1.54) is 28.6 Å². The topological polar surface area (TPSA) is 102 Å². The van der Waals surface area contributed by atoms with Crippen LogP contribution in [0.2, 0.25) is 0 Å². The lowest BCUT2D eigenvalue weighted by molar-refractivity contribution is -0.138. The summed E-state index contributed by atoms with van der Waals surface area (Å²) in [5, 5.41) is 7.33. The lowest BCUT2D eigenvalue weighted by Crippen LogP contribution is -2.46. The van der Waals surface area contributed by atoms with E-state index in [1.54, 1.807) is 35.9 Å². The van der Waals surface area contributed by atoms with E-state index in [2.05, 4.69) is 21.2 Å². The van der Waals surface area contributed by atoms with E-state index in [-0.39, 0.29) is 40.4 Å². The van der Waals surface area contributed by atoms with Crippen molar-refractivity contribution in [3.8, 4) is 11.6 Å². The Morgan fingerprint density at radius 3 is 2.41 bits per heavy atom. The molecule has 0 saturated carbocycles. The first-order valence-corrected chi connectivity index (χ1v) is 15.0. The number of fused-ring (bicyclic) bond motifs is 2. The Labute approximate surface area is 258 Å². The van der Waals surface area contributed by atoms with Crippen LogP contribution in [0.3, 0.4) is 0 Å². The van der Waals surface area contributed by atoms with Crippen molar-refractivity contribution in [1.82, 2.24) is 29.5 Å². The molecule has 0 bridgehead atoms. The zero-order valence-electron chi connectivity index (χ0n) is 23.9. The highest BCUT2D eigenvalue weighted by atomic mass is 79.9. The number of carbonyl (C=O) groups is 2. The zero-order valence-corrected chi connectivity index (χ0v) is 25.5. The predicted molar refractivity (Wildman–Crippen MR) is 159 cm³/mol. The molecule has 0 radical (unpaired) electrons. The van der Waals surface area contributed by atoms with E-state index in [4.69, 9.17) is 10.1 Å². The van der Waals surface area contributed by atoms with Crippen molar-refractivity contribution in [2.45, 2.75) is 57.8 Å². The highest BCUT2D eigenvalue weighted by Crippen LogP contribution is 2.36. The molecule has 0 saturated heterocycles. The summed E-state index contributed by atoms with van der Waals surface area (Å²) < 4.78 is 43.6. The van der Waals surface area contributed by atoms with E-state index in [1.807, 2.05) is 6.20 Å². The SMILES string of the molecule is CNC(=O)c1ccc(-n2c(-n3cc4c(n3)CCCC4)nc3c(c2=O)C[C@@H](C)N(C(=O)c2ccc(Br)c(C(F)(F)F)c2)C3)cc1. The van der Waals surface area contributed by atoms with Gasteiger partial charge in [0, 0.05) is 40.4 Å². The monoisotopic (exact) mass is 668 g/mol. The summed E-state index contributed by atoms with van der Waals surface area (Å²) in [6, 6.07) is 9.47. The first-order valence-electron chi connectivity index (χ1n) is 14.2. The molecule has 9 nitrogen and oxygen atoms in total. The number of aromatic nitrogens is 4. The zero-order chi connectivity index (χ0) is 31.3. The number of hydrogen-bond donors (Lipinski definition) is 1. The van der Waals surface area contributed by atoms with Crippen molar-refractivity contribution in [1.29, 1.82) is 0 Å². The maximum absolute atomic E-state index is 14.2. The minimum atomic E-state index is -4.64. The number of amides is 2. The van der Waals surface area contributed by atoms with Crippen LogP contribution in [0.4, 0.5) is 13.2 Å².